The molecule has 0 bridgehead atoms. The van der Waals surface area contributed by atoms with Gasteiger partial charge in [0.15, 0.2) is 0 Å². The molecule has 1 aliphatic heterocycles. The third-order valence-electron chi connectivity index (χ3n) is 6.24. The molecule has 0 unspecified atom stereocenters. The Kier molecular flexibility index (Phi) is 5.23. The molecule has 2 aromatic heterocycles. The third kappa shape index (κ3) is 3.75. The van der Waals surface area contributed by atoms with E-state index in [1.165, 1.54) is 30.5 Å². The van der Waals surface area contributed by atoms with Crippen LogP contribution in [0.15, 0.2) is 17.4 Å². The third-order valence-corrected chi connectivity index (χ3v) is 6.24. The van der Waals surface area contributed by atoms with E-state index in [9.17, 15) is 4.79 Å². The molecule has 1 saturated heterocycles. The number of aromatic nitrogens is 4. The highest BCUT2D eigenvalue weighted by Crippen LogP contribution is 2.29. The minimum atomic E-state index is 0.103. The lowest BCUT2D eigenvalue weighted by Crippen LogP contribution is -2.37. The van der Waals surface area contributed by atoms with Gasteiger partial charge >= 0.3 is 0 Å². The largest absolute Gasteiger partial charge is 0.356 e. The van der Waals surface area contributed by atoms with Gasteiger partial charge in [-0.3, -0.25) is 9.36 Å². The second-order valence-corrected chi connectivity index (χ2v) is 8.03. The van der Waals surface area contributed by atoms with Crippen LogP contribution in [-0.4, -0.2) is 32.6 Å². The molecular weight excluding hydrogens is 338 g/mol. The van der Waals surface area contributed by atoms with Crippen molar-refractivity contribution in [3.05, 3.63) is 45.5 Å². The Morgan fingerprint density at radius 3 is 2.63 bits per heavy atom. The van der Waals surface area contributed by atoms with Crippen LogP contribution in [0.25, 0.3) is 0 Å². The summed E-state index contributed by atoms with van der Waals surface area (Å²) in [5, 5.41) is 0. The molecule has 0 spiro atoms. The van der Waals surface area contributed by atoms with Gasteiger partial charge in [-0.25, -0.2) is 15.0 Å². The van der Waals surface area contributed by atoms with Gasteiger partial charge in [-0.2, -0.15) is 0 Å². The number of piperidine rings is 1. The monoisotopic (exact) mass is 367 g/mol. The highest BCUT2D eigenvalue weighted by molar-refractivity contribution is 5.49. The number of hydrogen-bond donors (Lipinski definition) is 0. The fourth-order valence-electron chi connectivity index (χ4n) is 4.36. The Morgan fingerprint density at radius 1 is 1.04 bits per heavy atom. The molecular formula is C21H29N5O. The van der Waals surface area contributed by atoms with Gasteiger partial charge in [0, 0.05) is 42.1 Å². The Bertz CT molecular complexity index is 867. The number of anilines is 1. The van der Waals surface area contributed by atoms with E-state index in [2.05, 4.69) is 19.9 Å². The SMILES string of the molecule is Cc1ncn(CC2CCN(c3ncnc4c3CCCCC4)CC2)c(=O)c1C. The number of hydrogen-bond acceptors (Lipinski definition) is 5. The van der Waals surface area contributed by atoms with Gasteiger partial charge in [-0.15, -0.1) is 0 Å². The zero-order valence-electron chi connectivity index (χ0n) is 16.4. The maximum absolute atomic E-state index is 12.4. The van der Waals surface area contributed by atoms with Crippen LogP contribution in [0.2, 0.25) is 0 Å². The van der Waals surface area contributed by atoms with Gasteiger partial charge < -0.3 is 4.90 Å². The van der Waals surface area contributed by atoms with Crippen LogP contribution in [0, 0.1) is 19.8 Å². The lowest BCUT2D eigenvalue weighted by molar-refractivity contribution is 0.349. The summed E-state index contributed by atoms with van der Waals surface area (Å²) in [6.45, 7) is 6.53. The quantitative estimate of drug-likeness (QED) is 0.781. The lowest BCUT2D eigenvalue weighted by atomic mass is 9.96. The highest BCUT2D eigenvalue weighted by Gasteiger charge is 2.24. The molecule has 1 aliphatic carbocycles. The van der Waals surface area contributed by atoms with Crippen LogP contribution in [0.3, 0.4) is 0 Å². The van der Waals surface area contributed by atoms with Crippen molar-refractivity contribution in [3.63, 3.8) is 0 Å². The van der Waals surface area contributed by atoms with Crippen molar-refractivity contribution in [2.45, 2.75) is 65.3 Å². The molecule has 2 aromatic rings. The summed E-state index contributed by atoms with van der Waals surface area (Å²) in [5.74, 6) is 1.67. The summed E-state index contributed by atoms with van der Waals surface area (Å²) < 4.78 is 1.79. The minimum Gasteiger partial charge on any atom is -0.356 e. The molecule has 0 amide bonds. The first kappa shape index (κ1) is 18.1. The standard InChI is InChI=1S/C21H29N5O/c1-15-16(2)24-14-26(21(15)27)12-17-8-10-25(11-9-17)20-18-6-4-3-5-7-19(18)22-13-23-20/h13-14,17H,3-12H2,1-2H3. The fourth-order valence-corrected chi connectivity index (χ4v) is 4.36. The predicted molar refractivity (Wildman–Crippen MR) is 106 cm³/mol. The van der Waals surface area contributed by atoms with Crippen molar-refractivity contribution in [2.75, 3.05) is 18.0 Å². The predicted octanol–water partition coefficient (Wildman–Crippen LogP) is 2.84. The van der Waals surface area contributed by atoms with E-state index in [4.69, 9.17) is 0 Å². The van der Waals surface area contributed by atoms with Gasteiger partial charge in [-0.1, -0.05) is 6.42 Å². The first-order valence-electron chi connectivity index (χ1n) is 10.2. The first-order valence-corrected chi connectivity index (χ1v) is 10.2. The van der Waals surface area contributed by atoms with E-state index in [0.29, 0.717) is 5.92 Å². The molecule has 0 radical (unpaired) electrons. The van der Waals surface area contributed by atoms with E-state index < -0.39 is 0 Å². The van der Waals surface area contributed by atoms with Crippen molar-refractivity contribution in [3.8, 4) is 0 Å². The Morgan fingerprint density at radius 2 is 1.81 bits per heavy atom. The normalized spacial score (nSPS) is 18.2. The van der Waals surface area contributed by atoms with Gasteiger partial charge in [0.25, 0.3) is 5.56 Å². The Labute approximate surface area is 160 Å². The molecule has 3 heterocycles. The van der Waals surface area contributed by atoms with E-state index in [1.807, 2.05) is 13.8 Å². The van der Waals surface area contributed by atoms with E-state index in [0.717, 1.165) is 62.4 Å². The minimum absolute atomic E-state index is 0.103. The number of fused-ring (bicyclic) bond motifs is 1. The summed E-state index contributed by atoms with van der Waals surface area (Å²) in [6.07, 6.45) is 11.6. The lowest BCUT2D eigenvalue weighted by Gasteiger charge is -2.34. The maximum Gasteiger partial charge on any atom is 0.256 e. The van der Waals surface area contributed by atoms with Crippen LogP contribution in [0.4, 0.5) is 5.82 Å². The molecule has 1 fully saturated rings. The van der Waals surface area contributed by atoms with E-state index in [-0.39, 0.29) is 5.56 Å². The van der Waals surface area contributed by atoms with Gasteiger partial charge in [-0.05, 0) is 58.3 Å². The number of aryl methyl sites for hydroxylation is 2. The molecule has 0 atom stereocenters. The number of nitrogens with zero attached hydrogens (tertiary/aromatic N) is 5. The van der Waals surface area contributed by atoms with Gasteiger partial charge in [0.05, 0.1) is 6.33 Å². The fraction of sp³-hybridized carbons (Fsp3) is 0.619. The average molecular weight is 367 g/mol. The van der Waals surface area contributed by atoms with Crippen molar-refractivity contribution >= 4 is 5.82 Å². The van der Waals surface area contributed by atoms with Crippen molar-refractivity contribution in [1.29, 1.82) is 0 Å². The summed E-state index contributed by atoms with van der Waals surface area (Å²) in [5.41, 5.74) is 4.33. The van der Waals surface area contributed by atoms with Crippen LogP contribution in [-0.2, 0) is 19.4 Å². The molecule has 0 saturated carbocycles. The van der Waals surface area contributed by atoms with Crippen LogP contribution in [0.1, 0.15) is 54.6 Å². The molecule has 27 heavy (non-hydrogen) atoms. The van der Waals surface area contributed by atoms with Crippen molar-refractivity contribution in [1.82, 2.24) is 19.5 Å². The topological polar surface area (TPSA) is 63.9 Å². The summed E-state index contributed by atoms with van der Waals surface area (Å²) in [4.78, 5) is 28.4. The molecule has 4 rings (SSSR count). The van der Waals surface area contributed by atoms with Crippen molar-refractivity contribution < 1.29 is 0 Å². The van der Waals surface area contributed by atoms with Gasteiger partial charge in [0.2, 0.25) is 0 Å². The molecule has 2 aliphatic rings. The molecule has 6 heteroatoms. The molecule has 6 nitrogen and oxygen atoms in total. The van der Waals surface area contributed by atoms with Crippen LogP contribution < -0.4 is 10.5 Å². The van der Waals surface area contributed by atoms with Crippen LogP contribution in [0.5, 0.6) is 0 Å². The van der Waals surface area contributed by atoms with E-state index >= 15 is 0 Å². The average Bonchev–Trinajstić information content (AvgIpc) is 2.94. The van der Waals surface area contributed by atoms with Gasteiger partial charge in [0.1, 0.15) is 12.1 Å². The Hall–Kier alpha value is -2.24. The summed E-state index contributed by atoms with van der Waals surface area (Å²) in [7, 11) is 0. The van der Waals surface area contributed by atoms with Crippen LogP contribution >= 0.6 is 0 Å². The smallest absolute Gasteiger partial charge is 0.256 e. The summed E-state index contributed by atoms with van der Waals surface area (Å²) >= 11 is 0. The molecule has 0 aromatic carbocycles. The first-order chi connectivity index (χ1) is 13.1. The number of rotatable bonds is 3. The highest BCUT2D eigenvalue weighted by atomic mass is 16.1. The molecule has 0 N–H and O–H groups in total. The maximum atomic E-state index is 12.4. The second kappa shape index (κ2) is 7.79. The summed E-state index contributed by atoms with van der Waals surface area (Å²) in [6, 6.07) is 0. The second-order valence-electron chi connectivity index (χ2n) is 8.03. The zero-order chi connectivity index (χ0) is 18.8. The van der Waals surface area contributed by atoms with E-state index in [1.54, 1.807) is 17.2 Å². The molecule has 144 valence electrons. The van der Waals surface area contributed by atoms with Crippen molar-refractivity contribution in [2.24, 2.45) is 5.92 Å². The zero-order valence-corrected chi connectivity index (χ0v) is 16.4. The Balaban J connectivity index is 1.44.